The number of nitrogen functional groups attached to an aromatic ring is 2. The minimum absolute atomic E-state index is 0.0982. The number of anilines is 4. The van der Waals surface area contributed by atoms with Crippen molar-refractivity contribution in [3.05, 3.63) is 47.8 Å². The summed E-state index contributed by atoms with van der Waals surface area (Å²) in [4.78, 5) is 13.6. The summed E-state index contributed by atoms with van der Waals surface area (Å²) in [5.74, 6) is -0.524. The Labute approximate surface area is 109 Å². The first kappa shape index (κ1) is 11.5. The summed E-state index contributed by atoms with van der Waals surface area (Å²) in [6, 6.07) is 9.27. The van der Waals surface area contributed by atoms with Crippen LogP contribution in [0.5, 0.6) is 0 Å². The van der Waals surface area contributed by atoms with Gasteiger partial charge in [0.25, 0.3) is 0 Å². The van der Waals surface area contributed by atoms with Crippen LogP contribution >= 0.6 is 0 Å². The zero-order chi connectivity index (χ0) is 13.6. The molecule has 3 rings (SSSR count). The van der Waals surface area contributed by atoms with Gasteiger partial charge < -0.3 is 11.5 Å². The lowest BCUT2D eigenvalue weighted by Gasteiger charge is -2.19. The standard InChI is InChI=1S/C14H12FN3O/c15-9-1-3-13(11(17)7-9)18-12-4-2-10(16)5-8(12)6-14(18)19/h1-5,7H,6,16-17H2. The molecule has 19 heavy (non-hydrogen) atoms. The van der Waals surface area contributed by atoms with Gasteiger partial charge in [-0.3, -0.25) is 9.69 Å². The van der Waals surface area contributed by atoms with Gasteiger partial charge in [-0.2, -0.15) is 0 Å². The van der Waals surface area contributed by atoms with E-state index in [0.717, 1.165) is 11.3 Å². The second-order valence-corrected chi connectivity index (χ2v) is 4.50. The molecule has 0 saturated heterocycles. The zero-order valence-corrected chi connectivity index (χ0v) is 10.1. The van der Waals surface area contributed by atoms with E-state index in [9.17, 15) is 9.18 Å². The van der Waals surface area contributed by atoms with Gasteiger partial charge in [0, 0.05) is 5.69 Å². The molecule has 5 heteroatoms. The molecule has 0 spiro atoms. The van der Waals surface area contributed by atoms with Gasteiger partial charge in [0.2, 0.25) is 5.91 Å². The van der Waals surface area contributed by atoms with E-state index in [1.54, 1.807) is 18.2 Å². The molecule has 96 valence electrons. The highest BCUT2D eigenvalue weighted by atomic mass is 19.1. The molecule has 1 aliphatic rings. The molecular formula is C14H12FN3O. The van der Waals surface area contributed by atoms with E-state index in [1.165, 1.54) is 23.1 Å². The van der Waals surface area contributed by atoms with Gasteiger partial charge >= 0.3 is 0 Å². The monoisotopic (exact) mass is 257 g/mol. The number of hydrogen-bond donors (Lipinski definition) is 2. The SMILES string of the molecule is Nc1ccc2c(c1)CC(=O)N2c1ccc(F)cc1N. The van der Waals surface area contributed by atoms with E-state index in [0.29, 0.717) is 11.4 Å². The summed E-state index contributed by atoms with van der Waals surface area (Å²) in [5, 5.41) is 0. The number of hydrogen-bond acceptors (Lipinski definition) is 3. The molecule has 0 saturated carbocycles. The van der Waals surface area contributed by atoms with Crippen molar-refractivity contribution in [3.8, 4) is 0 Å². The maximum absolute atomic E-state index is 13.1. The molecular weight excluding hydrogens is 245 g/mol. The molecule has 1 heterocycles. The normalized spacial score (nSPS) is 13.7. The van der Waals surface area contributed by atoms with Crippen LogP contribution in [-0.2, 0) is 11.2 Å². The molecule has 0 aromatic heterocycles. The number of amides is 1. The van der Waals surface area contributed by atoms with Crippen molar-refractivity contribution in [2.45, 2.75) is 6.42 Å². The lowest BCUT2D eigenvalue weighted by Crippen LogP contribution is -2.21. The number of rotatable bonds is 1. The van der Waals surface area contributed by atoms with Gasteiger partial charge in [-0.15, -0.1) is 0 Å². The number of benzene rings is 2. The third kappa shape index (κ3) is 1.79. The maximum Gasteiger partial charge on any atom is 0.236 e. The second kappa shape index (κ2) is 3.98. The largest absolute Gasteiger partial charge is 0.399 e. The Kier molecular flexibility index (Phi) is 2.41. The van der Waals surface area contributed by atoms with E-state index in [-0.39, 0.29) is 18.0 Å². The van der Waals surface area contributed by atoms with Crippen LogP contribution in [0.25, 0.3) is 0 Å². The van der Waals surface area contributed by atoms with Crippen molar-refractivity contribution in [1.82, 2.24) is 0 Å². The quantitative estimate of drug-likeness (QED) is 0.769. The molecule has 1 amide bonds. The molecule has 2 aromatic carbocycles. The average molecular weight is 257 g/mol. The molecule has 0 radical (unpaired) electrons. The predicted octanol–water partition coefficient (Wildman–Crippen LogP) is 2.21. The van der Waals surface area contributed by atoms with Crippen LogP contribution in [-0.4, -0.2) is 5.91 Å². The maximum atomic E-state index is 13.1. The van der Waals surface area contributed by atoms with Crippen molar-refractivity contribution >= 4 is 28.7 Å². The van der Waals surface area contributed by atoms with Crippen LogP contribution in [0.4, 0.5) is 27.1 Å². The minimum Gasteiger partial charge on any atom is -0.399 e. The van der Waals surface area contributed by atoms with Gasteiger partial charge in [-0.1, -0.05) is 0 Å². The van der Waals surface area contributed by atoms with E-state index in [2.05, 4.69) is 0 Å². The van der Waals surface area contributed by atoms with Crippen molar-refractivity contribution in [2.24, 2.45) is 0 Å². The number of nitrogens with two attached hydrogens (primary N) is 2. The number of nitrogens with zero attached hydrogens (tertiary/aromatic N) is 1. The van der Waals surface area contributed by atoms with Crippen LogP contribution < -0.4 is 16.4 Å². The highest BCUT2D eigenvalue weighted by Gasteiger charge is 2.29. The Balaban J connectivity index is 2.14. The summed E-state index contributed by atoms with van der Waals surface area (Å²) in [7, 11) is 0. The fraction of sp³-hybridized carbons (Fsp3) is 0.0714. The number of carbonyl (C=O) groups excluding carboxylic acids is 1. The zero-order valence-electron chi connectivity index (χ0n) is 10.1. The van der Waals surface area contributed by atoms with E-state index < -0.39 is 5.82 Å². The van der Waals surface area contributed by atoms with Crippen LogP contribution in [0.2, 0.25) is 0 Å². The average Bonchev–Trinajstić information content (AvgIpc) is 2.65. The fourth-order valence-corrected chi connectivity index (χ4v) is 2.33. The molecule has 2 aromatic rings. The Morgan fingerprint density at radius 2 is 1.79 bits per heavy atom. The lowest BCUT2D eigenvalue weighted by molar-refractivity contribution is -0.116. The van der Waals surface area contributed by atoms with E-state index in [4.69, 9.17) is 11.5 Å². The first-order valence-corrected chi connectivity index (χ1v) is 5.82. The van der Waals surface area contributed by atoms with Crippen molar-refractivity contribution in [2.75, 3.05) is 16.4 Å². The Bertz CT molecular complexity index is 684. The number of fused-ring (bicyclic) bond motifs is 1. The van der Waals surface area contributed by atoms with Crippen LogP contribution in [0, 0.1) is 5.82 Å². The van der Waals surface area contributed by atoms with Crippen LogP contribution in [0.3, 0.4) is 0 Å². The van der Waals surface area contributed by atoms with Gasteiger partial charge in [0.1, 0.15) is 5.82 Å². The molecule has 0 aliphatic carbocycles. The highest BCUT2D eigenvalue weighted by molar-refractivity contribution is 6.09. The lowest BCUT2D eigenvalue weighted by atomic mass is 10.1. The van der Waals surface area contributed by atoms with Crippen molar-refractivity contribution < 1.29 is 9.18 Å². The first-order valence-electron chi connectivity index (χ1n) is 5.82. The van der Waals surface area contributed by atoms with Gasteiger partial charge in [-0.25, -0.2) is 4.39 Å². The summed E-state index contributed by atoms with van der Waals surface area (Å²) in [5.41, 5.74) is 14.4. The smallest absolute Gasteiger partial charge is 0.236 e. The van der Waals surface area contributed by atoms with Gasteiger partial charge in [0.05, 0.1) is 23.5 Å². The molecule has 4 N–H and O–H groups in total. The Morgan fingerprint density at radius 3 is 2.53 bits per heavy atom. The second-order valence-electron chi connectivity index (χ2n) is 4.50. The number of carbonyl (C=O) groups is 1. The molecule has 0 unspecified atom stereocenters. The third-order valence-electron chi connectivity index (χ3n) is 3.17. The first-order chi connectivity index (χ1) is 9.06. The van der Waals surface area contributed by atoms with Crippen molar-refractivity contribution in [3.63, 3.8) is 0 Å². The third-order valence-corrected chi connectivity index (χ3v) is 3.17. The Hall–Kier alpha value is -2.56. The van der Waals surface area contributed by atoms with E-state index in [1.807, 2.05) is 0 Å². The number of halogens is 1. The molecule has 0 bridgehead atoms. The highest BCUT2D eigenvalue weighted by Crippen LogP contribution is 2.38. The molecule has 4 nitrogen and oxygen atoms in total. The molecule has 1 aliphatic heterocycles. The minimum atomic E-state index is -0.426. The summed E-state index contributed by atoms with van der Waals surface area (Å²) in [6.07, 6.45) is 0.275. The van der Waals surface area contributed by atoms with Crippen LogP contribution in [0.15, 0.2) is 36.4 Å². The molecule has 0 atom stereocenters. The van der Waals surface area contributed by atoms with E-state index >= 15 is 0 Å². The van der Waals surface area contributed by atoms with Gasteiger partial charge in [0.15, 0.2) is 0 Å². The predicted molar refractivity (Wildman–Crippen MR) is 72.5 cm³/mol. The fourth-order valence-electron chi connectivity index (χ4n) is 2.33. The molecule has 0 fully saturated rings. The summed E-state index contributed by atoms with van der Waals surface area (Å²) < 4.78 is 13.1. The van der Waals surface area contributed by atoms with Gasteiger partial charge in [-0.05, 0) is 42.0 Å². The van der Waals surface area contributed by atoms with Crippen LogP contribution in [0.1, 0.15) is 5.56 Å². The summed E-state index contributed by atoms with van der Waals surface area (Å²) >= 11 is 0. The topological polar surface area (TPSA) is 72.4 Å². The Morgan fingerprint density at radius 1 is 1.05 bits per heavy atom. The van der Waals surface area contributed by atoms with Crippen molar-refractivity contribution in [1.29, 1.82) is 0 Å². The summed E-state index contributed by atoms with van der Waals surface area (Å²) in [6.45, 7) is 0.